The van der Waals surface area contributed by atoms with E-state index in [-0.39, 0.29) is 29.5 Å². The third-order valence-corrected chi connectivity index (χ3v) is 3.92. The van der Waals surface area contributed by atoms with Crippen LogP contribution in [-0.2, 0) is 9.53 Å². The minimum Gasteiger partial charge on any atom is -0.494 e. The number of nitro groups is 1. The highest BCUT2D eigenvalue weighted by Crippen LogP contribution is 2.33. The lowest BCUT2D eigenvalue weighted by atomic mass is 10.2. The van der Waals surface area contributed by atoms with Crippen molar-refractivity contribution in [1.29, 1.82) is 0 Å². The smallest absolute Gasteiger partial charge is 0.339 e. The van der Waals surface area contributed by atoms with Crippen LogP contribution in [0.25, 0.3) is 0 Å². The van der Waals surface area contributed by atoms with Crippen LogP contribution in [0.2, 0.25) is 0 Å². The summed E-state index contributed by atoms with van der Waals surface area (Å²) in [6.45, 7) is 1.47. The highest BCUT2D eigenvalue weighted by atomic mass is 16.7. The molecular formula is C18H16N2O8. The van der Waals surface area contributed by atoms with Crippen molar-refractivity contribution in [1.82, 2.24) is 0 Å². The van der Waals surface area contributed by atoms with Crippen molar-refractivity contribution in [2.24, 2.45) is 0 Å². The molecule has 3 rings (SSSR count). The van der Waals surface area contributed by atoms with Gasteiger partial charge in [-0.05, 0) is 31.2 Å². The van der Waals surface area contributed by atoms with Gasteiger partial charge in [0.25, 0.3) is 11.6 Å². The Balaban J connectivity index is 1.66. The lowest BCUT2D eigenvalue weighted by Crippen LogP contribution is -2.30. The normalized spacial score (nSPS) is 12.8. The Morgan fingerprint density at radius 3 is 2.64 bits per heavy atom. The predicted octanol–water partition coefficient (Wildman–Crippen LogP) is 2.52. The third kappa shape index (κ3) is 3.95. The molecule has 1 aliphatic rings. The van der Waals surface area contributed by atoms with E-state index in [9.17, 15) is 19.7 Å². The van der Waals surface area contributed by atoms with Gasteiger partial charge in [0.1, 0.15) is 5.75 Å². The summed E-state index contributed by atoms with van der Waals surface area (Å²) in [5.41, 5.74) is 0.234. The minimum atomic E-state index is -1.13. The van der Waals surface area contributed by atoms with E-state index in [1.54, 1.807) is 6.07 Å². The standard InChI is InChI=1S/C18H16N2O8/c1-10(28-18(22)11-3-6-14-16(7-11)27-9-26-14)17(21)19-13-5-4-12(20(23)24)8-15(13)25-2/h3-8,10H,9H2,1-2H3,(H,19,21)/t10-/m0/s1. The quantitative estimate of drug-likeness (QED) is 0.454. The molecule has 10 nitrogen and oxygen atoms in total. The molecule has 2 aromatic rings. The maximum Gasteiger partial charge on any atom is 0.339 e. The van der Waals surface area contributed by atoms with Crippen molar-refractivity contribution in [3.8, 4) is 17.2 Å². The SMILES string of the molecule is COc1cc([N+](=O)[O-])ccc1NC(=O)[C@H](C)OC(=O)c1ccc2c(c1)OCO2. The van der Waals surface area contributed by atoms with Gasteiger partial charge >= 0.3 is 5.97 Å². The summed E-state index contributed by atoms with van der Waals surface area (Å²) >= 11 is 0. The lowest BCUT2D eigenvalue weighted by Gasteiger charge is -2.15. The molecule has 0 aliphatic carbocycles. The van der Waals surface area contributed by atoms with Gasteiger partial charge in [0.2, 0.25) is 6.79 Å². The summed E-state index contributed by atoms with van der Waals surface area (Å²) in [4.78, 5) is 34.8. The van der Waals surface area contributed by atoms with E-state index in [1.165, 1.54) is 44.4 Å². The first kappa shape index (κ1) is 19.0. The molecule has 146 valence electrons. The number of fused-ring (bicyclic) bond motifs is 1. The number of esters is 1. The van der Waals surface area contributed by atoms with Gasteiger partial charge in [-0.25, -0.2) is 4.79 Å². The van der Waals surface area contributed by atoms with Crippen molar-refractivity contribution < 1.29 is 33.5 Å². The second-order valence-electron chi connectivity index (χ2n) is 5.75. The fraction of sp³-hybridized carbons (Fsp3) is 0.222. The molecule has 0 bridgehead atoms. The maximum atomic E-state index is 12.3. The zero-order valence-corrected chi connectivity index (χ0v) is 15.0. The highest BCUT2D eigenvalue weighted by molar-refractivity contribution is 5.98. The number of carbonyl (C=O) groups is 2. The van der Waals surface area contributed by atoms with Gasteiger partial charge in [-0.1, -0.05) is 0 Å². The van der Waals surface area contributed by atoms with Gasteiger partial charge in [0.15, 0.2) is 17.6 Å². The molecule has 0 saturated heterocycles. The Morgan fingerprint density at radius 2 is 1.93 bits per heavy atom. The zero-order valence-electron chi connectivity index (χ0n) is 15.0. The third-order valence-electron chi connectivity index (χ3n) is 3.92. The van der Waals surface area contributed by atoms with Gasteiger partial charge in [-0.2, -0.15) is 0 Å². The summed E-state index contributed by atoms with van der Waals surface area (Å²) in [6.07, 6.45) is -1.13. The maximum absolute atomic E-state index is 12.3. The van der Waals surface area contributed by atoms with Crippen LogP contribution in [0.5, 0.6) is 17.2 Å². The van der Waals surface area contributed by atoms with Crippen LogP contribution in [0.15, 0.2) is 36.4 Å². The molecule has 0 spiro atoms. The number of benzene rings is 2. The van der Waals surface area contributed by atoms with Crippen LogP contribution >= 0.6 is 0 Å². The topological polar surface area (TPSA) is 126 Å². The largest absolute Gasteiger partial charge is 0.494 e. The van der Waals surface area contributed by atoms with E-state index in [0.717, 1.165) is 0 Å². The first-order chi connectivity index (χ1) is 13.4. The Morgan fingerprint density at radius 1 is 1.18 bits per heavy atom. The Bertz CT molecular complexity index is 943. The van der Waals surface area contributed by atoms with E-state index >= 15 is 0 Å². The number of nitrogens with one attached hydrogen (secondary N) is 1. The van der Waals surface area contributed by atoms with Crippen LogP contribution in [0.4, 0.5) is 11.4 Å². The average molecular weight is 388 g/mol. The summed E-state index contributed by atoms with van der Waals surface area (Å²) in [6, 6.07) is 8.28. The molecule has 1 N–H and O–H groups in total. The minimum absolute atomic E-state index is 0.0731. The lowest BCUT2D eigenvalue weighted by molar-refractivity contribution is -0.384. The van der Waals surface area contributed by atoms with Crippen molar-refractivity contribution in [3.05, 3.63) is 52.1 Å². The number of non-ortho nitro benzene ring substituents is 1. The molecule has 10 heteroatoms. The molecule has 0 unspecified atom stereocenters. The monoisotopic (exact) mass is 388 g/mol. The van der Waals surface area contributed by atoms with Gasteiger partial charge < -0.3 is 24.3 Å². The number of methoxy groups -OCH3 is 1. The number of anilines is 1. The Hall–Kier alpha value is -3.82. The first-order valence-corrected chi connectivity index (χ1v) is 8.13. The van der Waals surface area contributed by atoms with Crippen LogP contribution in [0.1, 0.15) is 17.3 Å². The predicted molar refractivity (Wildman–Crippen MR) is 95.7 cm³/mol. The van der Waals surface area contributed by atoms with Crippen molar-refractivity contribution >= 4 is 23.3 Å². The Labute approximate surface area is 159 Å². The molecular weight excluding hydrogens is 372 g/mol. The molecule has 0 fully saturated rings. The van der Waals surface area contributed by atoms with Crippen molar-refractivity contribution in [3.63, 3.8) is 0 Å². The molecule has 0 radical (unpaired) electrons. The van der Waals surface area contributed by atoms with E-state index in [2.05, 4.69) is 5.32 Å². The van der Waals surface area contributed by atoms with Crippen LogP contribution in [0.3, 0.4) is 0 Å². The number of rotatable bonds is 6. The highest BCUT2D eigenvalue weighted by Gasteiger charge is 2.23. The Kier molecular flexibility index (Phi) is 5.30. The van der Waals surface area contributed by atoms with Crippen molar-refractivity contribution in [2.45, 2.75) is 13.0 Å². The first-order valence-electron chi connectivity index (χ1n) is 8.13. The molecule has 1 atom stereocenters. The summed E-state index contributed by atoms with van der Waals surface area (Å²) < 4.78 is 20.6. The van der Waals surface area contributed by atoms with E-state index in [1.807, 2.05) is 0 Å². The number of nitrogens with zero attached hydrogens (tertiary/aromatic N) is 1. The van der Waals surface area contributed by atoms with Gasteiger partial charge in [-0.15, -0.1) is 0 Å². The number of hydrogen-bond donors (Lipinski definition) is 1. The molecule has 2 aromatic carbocycles. The van der Waals surface area contributed by atoms with E-state index in [4.69, 9.17) is 18.9 Å². The summed E-state index contributed by atoms with van der Waals surface area (Å²) in [7, 11) is 1.32. The molecule has 0 saturated carbocycles. The molecule has 1 heterocycles. The number of hydrogen-bond acceptors (Lipinski definition) is 8. The fourth-order valence-corrected chi connectivity index (χ4v) is 2.44. The average Bonchev–Trinajstić information content (AvgIpc) is 3.15. The van der Waals surface area contributed by atoms with Gasteiger partial charge in [0.05, 0.1) is 29.4 Å². The van der Waals surface area contributed by atoms with Crippen LogP contribution in [-0.4, -0.2) is 36.8 Å². The van der Waals surface area contributed by atoms with Crippen molar-refractivity contribution in [2.75, 3.05) is 19.2 Å². The zero-order chi connectivity index (χ0) is 20.3. The number of ether oxygens (including phenoxy) is 4. The molecule has 28 heavy (non-hydrogen) atoms. The number of nitro benzene ring substituents is 1. The van der Waals surface area contributed by atoms with E-state index < -0.39 is 22.9 Å². The summed E-state index contributed by atoms with van der Waals surface area (Å²) in [5.74, 6) is -0.288. The fourth-order valence-electron chi connectivity index (χ4n) is 2.44. The van der Waals surface area contributed by atoms with Crippen LogP contribution in [0, 0.1) is 10.1 Å². The second kappa shape index (κ2) is 7.82. The van der Waals surface area contributed by atoms with Gasteiger partial charge in [-0.3, -0.25) is 14.9 Å². The number of amides is 1. The van der Waals surface area contributed by atoms with Crippen LogP contribution < -0.4 is 19.5 Å². The molecule has 0 aromatic heterocycles. The van der Waals surface area contributed by atoms with Gasteiger partial charge in [0, 0.05) is 6.07 Å². The molecule has 1 aliphatic heterocycles. The summed E-state index contributed by atoms with van der Waals surface area (Å²) in [5, 5.41) is 13.3. The second-order valence-corrected chi connectivity index (χ2v) is 5.75. The van der Waals surface area contributed by atoms with E-state index in [0.29, 0.717) is 11.5 Å². The number of carbonyl (C=O) groups excluding carboxylic acids is 2. The molecule has 1 amide bonds.